The van der Waals surface area contributed by atoms with Crippen molar-refractivity contribution in [3.05, 3.63) is 16.3 Å². The van der Waals surface area contributed by atoms with E-state index in [0.29, 0.717) is 11.4 Å². The Balaban J connectivity index is 2.75. The highest BCUT2D eigenvalue weighted by Crippen LogP contribution is 2.22. The molecule has 0 aromatic carbocycles. The minimum absolute atomic E-state index is 0.240. The van der Waals surface area contributed by atoms with Crippen LogP contribution >= 0.6 is 11.3 Å². The molecule has 1 rings (SSSR count). The Labute approximate surface area is 125 Å². The van der Waals surface area contributed by atoms with Crippen molar-refractivity contribution in [2.24, 2.45) is 0 Å². The molecule has 0 amide bonds. The predicted octanol–water partition coefficient (Wildman–Crippen LogP) is 1.95. The van der Waals surface area contributed by atoms with Crippen LogP contribution in [0.2, 0.25) is 0 Å². The molecule has 0 saturated heterocycles. The molecule has 5 nitrogen and oxygen atoms in total. The van der Waals surface area contributed by atoms with Crippen molar-refractivity contribution in [2.75, 3.05) is 20.2 Å². The standard InChI is InChI=1S/C13H24N2O3S2/c1-5-7-14-9-11-12(6-8-19-11)20(16,17)15-10-13(2,3)18-4/h6,8,14-15H,5,7,9-10H2,1-4H3. The average Bonchev–Trinajstić information content (AvgIpc) is 2.86. The van der Waals surface area contributed by atoms with E-state index in [1.165, 1.54) is 11.3 Å². The Morgan fingerprint density at radius 1 is 1.40 bits per heavy atom. The molecular formula is C13H24N2O3S2. The third-order valence-corrected chi connectivity index (χ3v) is 5.48. The first-order valence-corrected chi connectivity index (χ1v) is 9.00. The first kappa shape index (κ1) is 17.6. The van der Waals surface area contributed by atoms with Crippen LogP contribution in [-0.2, 0) is 21.3 Å². The molecule has 1 heterocycles. The maximum Gasteiger partial charge on any atom is 0.241 e. The molecule has 1 aromatic rings. The van der Waals surface area contributed by atoms with E-state index in [2.05, 4.69) is 17.0 Å². The Hall–Kier alpha value is -0.470. The summed E-state index contributed by atoms with van der Waals surface area (Å²) in [5.41, 5.74) is -0.524. The van der Waals surface area contributed by atoms with Crippen molar-refractivity contribution >= 4 is 21.4 Å². The Kier molecular flexibility index (Phi) is 6.60. The lowest BCUT2D eigenvalue weighted by molar-refractivity contribution is 0.0276. The van der Waals surface area contributed by atoms with Crippen molar-refractivity contribution in [1.82, 2.24) is 10.0 Å². The zero-order valence-electron chi connectivity index (χ0n) is 12.5. The first-order chi connectivity index (χ1) is 9.32. The largest absolute Gasteiger partial charge is 0.377 e. The summed E-state index contributed by atoms with van der Waals surface area (Å²) in [4.78, 5) is 1.19. The predicted molar refractivity (Wildman–Crippen MR) is 82.6 cm³/mol. The molecule has 0 radical (unpaired) electrons. The van der Waals surface area contributed by atoms with Gasteiger partial charge in [0, 0.05) is 25.1 Å². The number of ether oxygens (including phenoxy) is 1. The fourth-order valence-corrected chi connectivity index (χ4v) is 4.10. The monoisotopic (exact) mass is 320 g/mol. The van der Waals surface area contributed by atoms with Crippen molar-refractivity contribution in [3.63, 3.8) is 0 Å². The minimum Gasteiger partial charge on any atom is -0.377 e. The van der Waals surface area contributed by atoms with Gasteiger partial charge in [0.15, 0.2) is 0 Å². The van der Waals surface area contributed by atoms with Crippen LogP contribution in [0.15, 0.2) is 16.3 Å². The number of rotatable bonds is 9. The van der Waals surface area contributed by atoms with Crippen LogP contribution in [0.4, 0.5) is 0 Å². The highest BCUT2D eigenvalue weighted by molar-refractivity contribution is 7.89. The van der Waals surface area contributed by atoms with E-state index in [1.54, 1.807) is 18.6 Å². The van der Waals surface area contributed by atoms with Crippen molar-refractivity contribution < 1.29 is 13.2 Å². The summed E-state index contributed by atoms with van der Waals surface area (Å²) in [5, 5.41) is 5.03. The van der Waals surface area contributed by atoms with E-state index in [1.807, 2.05) is 13.8 Å². The van der Waals surface area contributed by atoms with Gasteiger partial charge in [-0.3, -0.25) is 0 Å². The summed E-state index contributed by atoms with van der Waals surface area (Å²) in [5.74, 6) is 0. The fourth-order valence-electron chi connectivity index (χ4n) is 1.49. The maximum atomic E-state index is 12.3. The van der Waals surface area contributed by atoms with Crippen molar-refractivity contribution in [1.29, 1.82) is 0 Å². The minimum atomic E-state index is -3.49. The van der Waals surface area contributed by atoms with Crippen LogP contribution in [0, 0.1) is 0 Å². The number of methoxy groups -OCH3 is 1. The molecular weight excluding hydrogens is 296 g/mol. The Morgan fingerprint density at radius 2 is 2.10 bits per heavy atom. The molecule has 116 valence electrons. The van der Waals surface area contributed by atoms with Gasteiger partial charge < -0.3 is 10.1 Å². The van der Waals surface area contributed by atoms with Gasteiger partial charge in [0.25, 0.3) is 0 Å². The number of thiophene rings is 1. The van der Waals surface area contributed by atoms with Crippen molar-refractivity contribution in [2.45, 2.75) is 44.2 Å². The molecule has 0 aliphatic heterocycles. The number of sulfonamides is 1. The van der Waals surface area contributed by atoms with E-state index in [0.717, 1.165) is 17.8 Å². The Morgan fingerprint density at radius 3 is 2.70 bits per heavy atom. The number of hydrogen-bond acceptors (Lipinski definition) is 5. The number of hydrogen-bond donors (Lipinski definition) is 2. The molecule has 2 N–H and O–H groups in total. The molecule has 20 heavy (non-hydrogen) atoms. The molecule has 0 fully saturated rings. The molecule has 7 heteroatoms. The third-order valence-electron chi connectivity index (χ3n) is 2.95. The van der Waals surface area contributed by atoms with E-state index in [-0.39, 0.29) is 6.54 Å². The van der Waals surface area contributed by atoms with Crippen LogP contribution < -0.4 is 10.0 Å². The number of nitrogens with one attached hydrogen (secondary N) is 2. The highest BCUT2D eigenvalue weighted by Gasteiger charge is 2.24. The molecule has 0 spiro atoms. The SMILES string of the molecule is CCCNCc1sccc1S(=O)(=O)NCC(C)(C)OC. The van der Waals surface area contributed by atoms with Gasteiger partial charge in [-0.05, 0) is 38.3 Å². The van der Waals surface area contributed by atoms with Gasteiger partial charge in [-0.2, -0.15) is 0 Å². The van der Waals surface area contributed by atoms with Crippen molar-refractivity contribution in [3.8, 4) is 0 Å². The van der Waals surface area contributed by atoms with Crippen LogP contribution in [0.25, 0.3) is 0 Å². The summed E-state index contributed by atoms with van der Waals surface area (Å²) in [7, 11) is -1.92. The summed E-state index contributed by atoms with van der Waals surface area (Å²) in [6.07, 6.45) is 1.02. The lowest BCUT2D eigenvalue weighted by Crippen LogP contribution is -2.39. The Bertz CT molecular complexity index is 509. The smallest absolute Gasteiger partial charge is 0.241 e. The van der Waals surface area contributed by atoms with E-state index >= 15 is 0 Å². The van der Waals surface area contributed by atoms with E-state index in [4.69, 9.17) is 4.74 Å². The summed E-state index contributed by atoms with van der Waals surface area (Å²) in [6, 6.07) is 1.65. The summed E-state index contributed by atoms with van der Waals surface area (Å²) < 4.78 is 32.5. The van der Waals surface area contributed by atoms with Gasteiger partial charge in [-0.25, -0.2) is 13.1 Å². The quantitative estimate of drug-likeness (QED) is 0.683. The van der Waals surface area contributed by atoms with Crippen LogP contribution in [0.3, 0.4) is 0 Å². The van der Waals surface area contributed by atoms with Gasteiger partial charge in [0.1, 0.15) is 0 Å². The second-order valence-corrected chi connectivity index (χ2v) is 7.91. The first-order valence-electron chi connectivity index (χ1n) is 6.64. The average molecular weight is 320 g/mol. The molecule has 0 unspecified atom stereocenters. The molecule has 0 saturated carbocycles. The lowest BCUT2D eigenvalue weighted by atomic mass is 10.1. The second-order valence-electron chi connectivity index (χ2n) is 5.17. The van der Waals surface area contributed by atoms with Gasteiger partial charge in [-0.15, -0.1) is 11.3 Å². The molecule has 0 atom stereocenters. The molecule has 0 aliphatic rings. The molecule has 0 bridgehead atoms. The molecule has 0 aliphatic carbocycles. The highest BCUT2D eigenvalue weighted by atomic mass is 32.2. The topological polar surface area (TPSA) is 67.4 Å². The summed E-state index contributed by atoms with van der Waals surface area (Å²) >= 11 is 1.45. The van der Waals surface area contributed by atoms with E-state index < -0.39 is 15.6 Å². The lowest BCUT2D eigenvalue weighted by Gasteiger charge is -2.23. The molecule has 1 aromatic heterocycles. The maximum absolute atomic E-state index is 12.3. The van der Waals surface area contributed by atoms with Gasteiger partial charge in [0.2, 0.25) is 10.0 Å². The zero-order chi connectivity index (χ0) is 15.2. The normalized spacial score (nSPS) is 12.8. The zero-order valence-corrected chi connectivity index (χ0v) is 14.2. The van der Waals surface area contributed by atoms with Crippen LogP contribution in [0.1, 0.15) is 32.1 Å². The summed E-state index contributed by atoms with van der Waals surface area (Å²) in [6.45, 7) is 7.45. The second kappa shape index (κ2) is 7.51. The fraction of sp³-hybridized carbons (Fsp3) is 0.692. The third kappa shape index (κ3) is 5.14. The van der Waals surface area contributed by atoms with Gasteiger partial charge in [0.05, 0.1) is 10.5 Å². The van der Waals surface area contributed by atoms with Crippen LogP contribution in [0.5, 0.6) is 0 Å². The van der Waals surface area contributed by atoms with E-state index in [9.17, 15) is 8.42 Å². The van der Waals surface area contributed by atoms with Crippen LogP contribution in [-0.4, -0.2) is 34.2 Å². The van der Waals surface area contributed by atoms with Gasteiger partial charge in [-0.1, -0.05) is 6.92 Å². The van der Waals surface area contributed by atoms with Gasteiger partial charge >= 0.3 is 0 Å².